The van der Waals surface area contributed by atoms with Gasteiger partial charge in [-0.05, 0) is 86.2 Å². The topological polar surface area (TPSA) is 25.8 Å². The second-order valence-electron chi connectivity index (χ2n) is 9.95. The first-order chi connectivity index (χ1) is 14.8. The molecule has 0 atom stereocenters. The van der Waals surface area contributed by atoms with E-state index in [2.05, 4.69) is 50.5 Å². The lowest BCUT2D eigenvalue weighted by molar-refractivity contribution is 0.304. The van der Waals surface area contributed by atoms with E-state index in [1.54, 1.807) is 0 Å². The maximum Gasteiger partial charge on any atom is 0.159 e. The molecule has 2 nitrogen and oxygen atoms in total. The molecule has 0 N–H and O–H groups in total. The monoisotopic (exact) mass is 404 g/mol. The van der Waals surface area contributed by atoms with Crippen molar-refractivity contribution in [2.24, 2.45) is 11.8 Å². The molecule has 0 saturated heterocycles. The SMILES string of the molecule is CCCCC1CCC(c2cnc(-c3ccc(C4CCC(CC)CC4)cc3)nc2)CC1. The highest BCUT2D eigenvalue weighted by Gasteiger charge is 2.23. The van der Waals surface area contributed by atoms with Crippen LogP contribution in [0.2, 0.25) is 0 Å². The molecule has 0 bridgehead atoms. The number of unbranched alkanes of at least 4 members (excludes halogenated alkanes) is 1. The predicted molar refractivity (Wildman–Crippen MR) is 127 cm³/mol. The van der Waals surface area contributed by atoms with Crippen LogP contribution in [-0.4, -0.2) is 9.97 Å². The Morgan fingerprint density at radius 2 is 1.27 bits per heavy atom. The third kappa shape index (κ3) is 5.31. The third-order valence-corrected chi connectivity index (χ3v) is 8.02. The highest BCUT2D eigenvalue weighted by molar-refractivity contribution is 5.55. The smallest absolute Gasteiger partial charge is 0.159 e. The van der Waals surface area contributed by atoms with Crippen molar-refractivity contribution >= 4 is 0 Å². The Morgan fingerprint density at radius 3 is 1.83 bits per heavy atom. The van der Waals surface area contributed by atoms with Gasteiger partial charge < -0.3 is 0 Å². The molecule has 0 spiro atoms. The summed E-state index contributed by atoms with van der Waals surface area (Å²) in [6, 6.07) is 9.10. The van der Waals surface area contributed by atoms with Crippen LogP contribution in [0.3, 0.4) is 0 Å². The number of hydrogen-bond donors (Lipinski definition) is 0. The van der Waals surface area contributed by atoms with Gasteiger partial charge in [-0.15, -0.1) is 0 Å². The van der Waals surface area contributed by atoms with Gasteiger partial charge in [-0.25, -0.2) is 9.97 Å². The fourth-order valence-electron chi connectivity index (χ4n) is 5.78. The quantitative estimate of drug-likeness (QED) is 0.464. The van der Waals surface area contributed by atoms with E-state index in [1.165, 1.54) is 88.2 Å². The number of aromatic nitrogens is 2. The van der Waals surface area contributed by atoms with Crippen molar-refractivity contribution in [2.75, 3.05) is 0 Å². The second kappa shape index (κ2) is 10.6. The standard InChI is InChI=1S/C28H40N2/c1-3-5-6-22-9-13-25(14-10-22)27-19-29-28(30-20-27)26-17-15-24(16-18-26)23-11-7-21(4-2)8-12-23/h15-23,25H,3-14H2,1-2H3. The average molecular weight is 405 g/mol. The van der Waals surface area contributed by atoms with Crippen LogP contribution in [0.15, 0.2) is 36.7 Å². The molecular formula is C28H40N2. The number of hydrogen-bond acceptors (Lipinski definition) is 2. The van der Waals surface area contributed by atoms with Gasteiger partial charge in [0.25, 0.3) is 0 Å². The van der Waals surface area contributed by atoms with E-state index in [0.29, 0.717) is 5.92 Å². The van der Waals surface area contributed by atoms with E-state index in [4.69, 9.17) is 9.97 Å². The van der Waals surface area contributed by atoms with Crippen molar-refractivity contribution in [1.29, 1.82) is 0 Å². The highest BCUT2D eigenvalue weighted by atomic mass is 14.9. The molecule has 0 unspecified atom stereocenters. The lowest BCUT2D eigenvalue weighted by atomic mass is 9.77. The van der Waals surface area contributed by atoms with Crippen LogP contribution in [-0.2, 0) is 0 Å². The molecule has 0 aliphatic heterocycles. The molecule has 2 fully saturated rings. The largest absolute Gasteiger partial charge is 0.236 e. The molecule has 1 aromatic carbocycles. The lowest BCUT2D eigenvalue weighted by Crippen LogP contribution is -2.14. The van der Waals surface area contributed by atoms with Gasteiger partial charge in [0.05, 0.1) is 0 Å². The van der Waals surface area contributed by atoms with Crippen LogP contribution in [0.25, 0.3) is 11.4 Å². The van der Waals surface area contributed by atoms with Gasteiger partial charge in [-0.2, -0.15) is 0 Å². The Bertz CT molecular complexity index is 748. The minimum absolute atomic E-state index is 0.664. The van der Waals surface area contributed by atoms with E-state index in [-0.39, 0.29) is 0 Å². The summed E-state index contributed by atoms with van der Waals surface area (Å²) in [5.41, 5.74) is 4.00. The molecule has 2 aliphatic carbocycles. The van der Waals surface area contributed by atoms with Crippen LogP contribution < -0.4 is 0 Å². The van der Waals surface area contributed by atoms with Crippen LogP contribution in [0.1, 0.15) is 114 Å². The zero-order valence-electron chi connectivity index (χ0n) is 19.2. The molecular weight excluding hydrogens is 364 g/mol. The second-order valence-corrected chi connectivity index (χ2v) is 9.95. The third-order valence-electron chi connectivity index (χ3n) is 8.02. The summed E-state index contributed by atoms with van der Waals surface area (Å²) in [7, 11) is 0. The summed E-state index contributed by atoms with van der Waals surface area (Å²) in [5, 5.41) is 0. The fraction of sp³-hybridized carbons (Fsp3) is 0.643. The molecule has 0 radical (unpaired) electrons. The normalized spacial score (nSPS) is 27.1. The Morgan fingerprint density at radius 1 is 0.700 bits per heavy atom. The predicted octanol–water partition coefficient (Wildman–Crippen LogP) is 8.29. The maximum atomic E-state index is 4.74. The summed E-state index contributed by atoms with van der Waals surface area (Å²) in [5.74, 6) is 4.20. The average Bonchev–Trinajstić information content (AvgIpc) is 2.83. The molecule has 2 saturated carbocycles. The summed E-state index contributed by atoms with van der Waals surface area (Å²) in [6.45, 7) is 4.64. The summed E-state index contributed by atoms with van der Waals surface area (Å²) >= 11 is 0. The van der Waals surface area contributed by atoms with E-state index in [0.717, 1.165) is 29.1 Å². The van der Waals surface area contributed by atoms with Crippen molar-refractivity contribution in [3.8, 4) is 11.4 Å². The van der Waals surface area contributed by atoms with E-state index in [9.17, 15) is 0 Å². The zero-order chi connectivity index (χ0) is 20.8. The van der Waals surface area contributed by atoms with Crippen molar-refractivity contribution in [3.05, 3.63) is 47.8 Å². The van der Waals surface area contributed by atoms with Gasteiger partial charge in [0.2, 0.25) is 0 Å². The first-order valence-corrected chi connectivity index (χ1v) is 12.7. The van der Waals surface area contributed by atoms with Gasteiger partial charge in [-0.1, -0.05) is 63.8 Å². The van der Waals surface area contributed by atoms with Crippen LogP contribution >= 0.6 is 0 Å². The Hall–Kier alpha value is -1.70. The summed E-state index contributed by atoms with van der Waals surface area (Å²) < 4.78 is 0. The fourth-order valence-corrected chi connectivity index (χ4v) is 5.78. The van der Waals surface area contributed by atoms with Crippen LogP contribution in [0, 0.1) is 11.8 Å². The lowest BCUT2D eigenvalue weighted by Gasteiger charge is -2.28. The minimum atomic E-state index is 0.664. The van der Waals surface area contributed by atoms with Crippen molar-refractivity contribution in [1.82, 2.24) is 9.97 Å². The number of benzene rings is 1. The van der Waals surface area contributed by atoms with Crippen molar-refractivity contribution in [3.63, 3.8) is 0 Å². The van der Waals surface area contributed by atoms with Crippen LogP contribution in [0.4, 0.5) is 0 Å². The molecule has 30 heavy (non-hydrogen) atoms. The molecule has 1 aromatic heterocycles. The molecule has 2 aliphatic rings. The zero-order valence-corrected chi connectivity index (χ0v) is 19.2. The molecule has 0 amide bonds. The first-order valence-electron chi connectivity index (χ1n) is 12.7. The summed E-state index contributed by atoms with van der Waals surface area (Å²) in [6.07, 6.45) is 20.6. The van der Waals surface area contributed by atoms with E-state index >= 15 is 0 Å². The maximum absolute atomic E-state index is 4.74. The van der Waals surface area contributed by atoms with Gasteiger partial charge >= 0.3 is 0 Å². The first kappa shape index (κ1) is 21.5. The van der Waals surface area contributed by atoms with Gasteiger partial charge in [0, 0.05) is 18.0 Å². The number of nitrogens with zero attached hydrogens (tertiary/aromatic N) is 2. The van der Waals surface area contributed by atoms with E-state index < -0.39 is 0 Å². The highest BCUT2D eigenvalue weighted by Crippen LogP contribution is 2.38. The van der Waals surface area contributed by atoms with Crippen molar-refractivity contribution in [2.45, 2.75) is 103 Å². The van der Waals surface area contributed by atoms with E-state index in [1.807, 2.05) is 0 Å². The molecule has 2 aromatic rings. The number of rotatable bonds is 7. The molecule has 4 rings (SSSR count). The van der Waals surface area contributed by atoms with Crippen molar-refractivity contribution < 1.29 is 0 Å². The van der Waals surface area contributed by atoms with Gasteiger partial charge in [0.1, 0.15) is 0 Å². The molecule has 1 heterocycles. The molecule has 2 heteroatoms. The Balaban J connectivity index is 1.33. The Kier molecular flexibility index (Phi) is 7.57. The minimum Gasteiger partial charge on any atom is -0.236 e. The molecule has 162 valence electrons. The van der Waals surface area contributed by atoms with Gasteiger partial charge in [0.15, 0.2) is 5.82 Å². The van der Waals surface area contributed by atoms with Crippen LogP contribution in [0.5, 0.6) is 0 Å². The Labute approximate surface area is 183 Å². The summed E-state index contributed by atoms with van der Waals surface area (Å²) in [4.78, 5) is 9.49. The van der Waals surface area contributed by atoms with Gasteiger partial charge in [-0.3, -0.25) is 0 Å².